The molecule has 2 aromatic rings. The van der Waals surface area contributed by atoms with Gasteiger partial charge in [-0.15, -0.1) is 0 Å². The Morgan fingerprint density at radius 1 is 1.16 bits per heavy atom. The zero-order chi connectivity index (χ0) is 17.2. The molecule has 0 saturated carbocycles. The van der Waals surface area contributed by atoms with Gasteiger partial charge < -0.3 is 4.74 Å². The fourth-order valence-corrected chi connectivity index (χ4v) is 4.27. The normalized spacial score (nSPS) is 19.8. The fourth-order valence-electron chi connectivity index (χ4n) is 4.01. The number of allylic oxidation sites excluding steroid dienone is 1. The van der Waals surface area contributed by atoms with Crippen LogP contribution in [0.15, 0.2) is 53.0 Å². The first kappa shape index (κ1) is 16.9. The molecule has 0 bridgehead atoms. The van der Waals surface area contributed by atoms with Crippen LogP contribution in [0.1, 0.15) is 36.5 Å². The average Bonchev–Trinajstić information content (AvgIpc) is 3.26. The van der Waals surface area contributed by atoms with Crippen LogP contribution in [0.4, 0.5) is 0 Å². The molecule has 1 aliphatic heterocycles. The first-order chi connectivity index (χ1) is 12.2. The van der Waals surface area contributed by atoms with Crippen LogP contribution in [0.2, 0.25) is 0 Å². The molecule has 2 aliphatic rings. The molecular formula is C22H24BrNO. The van der Waals surface area contributed by atoms with Gasteiger partial charge >= 0.3 is 0 Å². The standard InChI is InChI=1S/C22H24BrNO/c1-2-24-13-3-4-19(24)15-25-20-10-12-22-17(14-20)7-11-21(22)16-5-8-18(23)9-6-16/h5-6,8-12,14,19H,2-4,7,13,15H2,1H3. The summed E-state index contributed by atoms with van der Waals surface area (Å²) in [5, 5.41) is 0. The molecule has 1 aliphatic carbocycles. The van der Waals surface area contributed by atoms with Gasteiger partial charge in [0.25, 0.3) is 0 Å². The lowest BCUT2D eigenvalue weighted by Gasteiger charge is -2.23. The number of halogens is 1. The van der Waals surface area contributed by atoms with Crippen LogP contribution in [-0.2, 0) is 6.42 Å². The van der Waals surface area contributed by atoms with Crippen LogP contribution in [0, 0.1) is 0 Å². The topological polar surface area (TPSA) is 12.5 Å². The molecule has 2 aromatic carbocycles. The summed E-state index contributed by atoms with van der Waals surface area (Å²) >= 11 is 3.51. The van der Waals surface area contributed by atoms with Crippen molar-refractivity contribution in [3.05, 3.63) is 69.7 Å². The fraction of sp³-hybridized carbons (Fsp3) is 0.364. The summed E-state index contributed by atoms with van der Waals surface area (Å²) in [6.45, 7) is 5.39. The highest BCUT2D eigenvalue weighted by atomic mass is 79.9. The number of likely N-dealkylation sites (tertiary alicyclic amines) is 1. The largest absolute Gasteiger partial charge is 0.492 e. The van der Waals surface area contributed by atoms with Crippen molar-refractivity contribution in [3.63, 3.8) is 0 Å². The molecule has 0 spiro atoms. The Morgan fingerprint density at radius 3 is 2.80 bits per heavy atom. The summed E-state index contributed by atoms with van der Waals surface area (Å²) in [5.74, 6) is 1.01. The maximum Gasteiger partial charge on any atom is 0.119 e. The summed E-state index contributed by atoms with van der Waals surface area (Å²) < 4.78 is 7.25. The van der Waals surface area contributed by atoms with Crippen molar-refractivity contribution in [2.24, 2.45) is 0 Å². The summed E-state index contributed by atoms with van der Waals surface area (Å²) in [6.07, 6.45) is 5.87. The predicted molar refractivity (Wildman–Crippen MR) is 107 cm³/mol. The number of benzene rings is 2. The van der Waals surface area contributed by atoms with Gasteiger partial charge in [0.05, 0.1) is 0 Å². The van der Waals surface area contributed by atoms with Gasteiger partial charge in [0.15, 0.2) is 0 Å². The first-order valence-corrected chi connectivity index (χ1v) is 10.00. The second kappa shape index (κ2) is 7.35. The van der Waals surface area contributed by atoms with Crippen LogP contribution in [-0.4, -0.2) is 30.6 Å². The van der Waals surface area contributed by atoms with Crippen LogP contribution >= 0.6 is 15.9 Å². The quantitative estimate of drug-likeness (QED) is 0.678. The minimum absolute atomic E-state index is 0.578. The molecule has 1 unspecified atom stereocenters. The molecule has 4 rings (SSSR count). The minimum Gasteiger partial charge on any atom is -0.492 e. The zero-order valence-corrected chi connectivity index (χ0v) is 16.3. The molecule has 25 heavy (non-hydrogen) atoms. The Morgan fingerprint density at radius 2 is 2.00 bits per heavy atom. The Hall–Kier alpha value is -1.58. The third kappa shape index (κ3) is 3.54. The number of hydrogen-bond acceptors (Lipinski definition) is 2. The number of likely N-dealkylation sites (N-methyl/N-ethyl adjacent to an activating group) is 1. The van der Waals surface area contributed by atoms with Crippen molar-refractivity contribution < 1.29 is 4.74 Å². The van der Waals surface area contributed by atoms with Gasteiger partial charge in [-0.1, -0.05) is 47.1 Å². The van der Waals surface area contributed by atoms with E-state index in [1.54, 1.807) is 0 Å². The molecular weight excluding hydrogens is 374 g/mol. The van der Waals surface area contributed by atoms with Crippen molar-refractivity contribution >= 4 is 21.5 Å². The zero-order valence-electron chi connectivity index (χ0n) is 14.7. The molecule has 0 N–H and O–H groups in total. The predicted octanol–water partition coefficient (Wildman–Crippen LogP) is 5.30. The second-order valence-corrected chi connectivity index (χ2v) is 7.80. The lowest BCUT2D eigenvalue weighted by Crippen LogP contribution is -2.33. The molecule has 1 atom stereocenters. The van der Waals surface area contributed by atoms with Gasteiger partial charge in [-0.2, -0.15) is 0 Å². The number of nitrogens with zero attached hydrogens (tertiary/aromatic N) is 1. The lowest BCUT2D eigenvalue weighted by molar-refractivity contribution is 0.179. The molecule has 1 fully saturated rings. The summed E-state index contributed by atoms with van der Waals surface area (Å²) in [4.78, 5) is 2.53. The average molecular weight is 398 g/mol. The lowest BCUT2D eigenvalue weighted by atomic mass is 9.99. The van der Waals surface area contributed by atoms with Crippen LogP contribution in [0.3, 0.4) is 0 Å². The highest BCUT2D eigenvalue weighted by molar-refractivity contribution is 9.10. The van der Waals surface area contributed by atoms with Crippen LogP contribution in [0.5, 0.6) is 5.75 Å². The van der Waals surface area contributed by atoms with Gasteiger partial charge in [-0.05, 0) is 78.9 Å². The third-order valence-corrected chi connectivity index (χ3v) is 5.92. The number of ether oxygens (including phenoxy) is 1. The van der Waals surface area contributed by atoms with Crippen molar-refractivity contribution in [2.45, 2.75) is 32.2 Å². The van der Waals surface area contributed by atoms with E-state index >= 15 is 0 Å². The number of hydrogen-bond donors (Lipinski definition) is 0. The summed E-state index contributed by atoms with van der Waals surface area (Å²) in [7, 11) is 0. The first-order valence-electron chi connectivity index (χ1n) is 9.21. The van der Waals surface area contributed by atoms with E-state index in [1.807, 2.05) is 0 Å². The monoisotopic (exact) mass is 397 g/mol. The Labute approximate surface area is 158 Å². The van der Waals surface area contributed by atoms with Gasteiger partial charge in [0, 0.05) is 10.5 Å². The molecule has 0 radical (unpaired) electrons. The maximum atomic E-state index is 6.13. The van der Waals surface area contributed by atoms with Gasteiger partial charge in [-0.3, -0.25) is 4.90 Å². The molecule has 130 valence electrons. The van der Waals surface area contributed by atoms with Gasteiger partial charge in [0.2, 0.25) is 0 Å². The number of fused-ring (bicyclic) bond motifs is 1. The highest BCUT2D eigenvalue weighted by Gasteiger charge is 2.23. The molecule has 0 aromatic heterocycles. The van der Waals surface area contributed by atoms with Crippen molar-refractivity contribution in [3.8, 4) is 5.75 Å². The Kier molecular flexibility index (Phi) is 4.96. The van der Waals surface area contributed by atoms with Crippen LogP contribution < -0.4 is 4.74 Å². The number of rotatable bonds is 5. The van der Waals surface area contributed by atoms with Gasteiger partial charge in [-0.25, -0.2) is 0 Å². The van der Waals surface area contributed by atoms with E-state index < -0.39 is 0 Å². The second-order valence-electron chi connectivity index (χ2n) is 6.88. The summed E-state index contributed by atoms with van der Waals surface area (Å²) in [5.41, 5.74) is 5.32. The van der Waals surface area contributed by atoms with E-state index in [0.29, 0.717) is 6.04 Å². The van der Waals surface area contributed by atoms with E-state index in [-0.39, 0.29) is 0 Å². The van der Waals surface area contributed by atoms with Gasteiger partial charge in [0.1, 0.15) is 12.4 Å². The molecule has 3 heteroatoms. The van der Waals surface area contributed by atoms with E-state index in [2.05, 4.69) is 76.3 Å². The smallest absolute Gasteiger partial charge is 0.119 e. The minimum atomic E-state index is 0.578. The SMILES string of the molecule is CCN1CCCC1COc1ccc2c(c1)CC=C2c1ccc(Br)cc1. The highest BCUT2D eigenvalue weighted by Crippen LogP contribution is 2.35. The van der Waals surface area contributed by atoms with Crippen molar-refractivity contribution in [1.29, 1.82) is 0 Å². The van der Waals surface area contributed by atoms with E-state index in [9.17, 15) is 0 Å². The maximum absolute atomic E-state index is 6.13. The summed E-state index contributed by atoms with van der Waals surface area (Å²) in [6, 6.07) is 15.7. The van der Waals surface area contributed by atoms with E-state index in [4.69, 9.17) is 4.74 Å². The molecule has 0 amide bonds. The van der Waals surface area contributed by atoms with E-state index in [0.717, 1.165) is 29.8 Å². The van der Waals surface area contributed by atoms with Crippen molar-refractivity contribution in [2.75, 3.05) is 19.7 Å². The molecule has 2 nitrogen and oxygen atoms in total. The van der Waals surface area contributed by atoms with Crippen molar-refractivity contribution in [1.82, 2.24) is 4.90 Å². The van der Waals surface area contributed by atoms with E-state index in [1.165, 1.54) is 41.6 Å². The Bertz CT molecular complexity index is 781. The van der Waals surface area contributed by atoms with Crippen LogP contribution in [0.25, 0.3) is 5.57 Å². The Balaban J connectivity index is 1.46. The third-order valence-electron chi connectivity index (χ3n) is 5.40. The molecule has 1 heterocycles. The molecule has 1 saturated heterocycles.